The maximum Gasteiger partial charge on any atom is 1.00 e. The SMILES string of the molecule is O=S(=O)([O-])c1ccc2nc(-c3ccccc3)[nH]c2c1.O=S(O)Oc1ccc2nc(-c3ccccc3)[nH]c2c1.[Na+]. The van der Waals surface area contributed by atoms with Gasteiger partial charge in [-0.3, -0.25) is 4.55 Å². The fourth-order valence-corrected chi connectivity index (χ4v) is 4.50. The summed E-state index contributed by atoms with van der Waals surface area (Å²) in [5, 5.41) is 0. The molecule has 0 bridgehead atoms. The zero-order valence-electron chi connectivity index (χ0n) is 20.4. The minimum Gasteiger partial charge on any atom is -0.744 e. The first-order valence-electron chi connectivity index (χ1n) is 11.1. The third-order valence-corrected chi connectivity index (χ3v) is 6.62. The number of hydrogen-bond acceptors (Lipinski definition) is 7. The fourth-order valence-electron chi connectivity index (χ4n) is 3.73. The molecule has 0 spiro atoms. The van der Waals surface area contributed by atoms with Crippen molar-refractivity contribution in [2.24, 2.45) is 0 Å². The summed E-state index contributed by atoms with van der Waals surface area (Å²) in [6, 6.07) is 28.2. The molecule has 6 aromatic rings. The number of H-pyrrole nitrogens is 2. The number of nitrogens with one attached hydrogen (secondary N) is 2. The summed E-state index contributed by atoms with van der Waals surface area (Å²) in [6.45, 7) is 0. The van der Waals surface area contributed by atoms with Gasteiger partial charge in [0.25, 0.3) is 0 Å². The van der Waals surface area contributed by atoms with Crippen molar-refractivity contribution in [3.8, 4) is 28.5 Å². The Balaban J connectivity index is 0.000000176. The topological polar surface area (TPSA) is 161 Å². The summed E-state index contributed by atoms with van der Waals surface area (Å²) in [5.41, 5.74) is 4.54. The number of benzene rings is 4. The first-order valence-corrected chi connectivity index (χ1v) is 13.6. The molecule has 4 aromatic carbocycles. The molecule has 0 fully saturated rings. The van der Waals surface area contributed by atoms with Crippen molar-refractivity contribution >= 4 is 43.5 Å². The second-order valence-electron chi connectivity index (χ2n) is 8.02. The second kappa shape index (κ2) is 12.2. The Morgan fingerprint density at radius 3 is 1.72 bits per heavy atom. The quantitative estimate of drug-likeness (QED) is 0.161. The van der Waals surface area contributed by atoms with Crippen molar-refractivity contribution in [2.45, 2.75) is 4.90 Å². The van der Waals surface area contributed by atoms with Gasteiger partial charge in [0, 0.05) is 17.2 Å². The Kier molecular flexibility index (Phi) is 8.97. The van der Waals surface area contributed by atoms with E-state index in [-0.39, 0.29) is 34.5 Å². The molecule has 2 heterocycles. The number of fused-ring (bicyclic) bond motifs is 2. The maximum atomic E-state index is 11.0. The largest absolute Gasteiger partial charge is 1.00 e. The van der Waals surface area contributed by atoms with Crippen molar-refractivity contribution in [3.05, 3.63) is 97.1 Å². The normalized spacial score (nSPS) is 11.8. The van der Waals surface area contributed by atoms with Crippen LogP contribution in [0.25, 0.3) is 44.8 Å². The maximum absolute atomic E-state index is 11.0. The summed E-state index contributed by atoms with van der Waals surface area (Å²) in [4.78, 5) is 14.7. The number of imidazole rings is 2. The van der Waals surface area contributed by atoms with Gasteiger partial charge in [-0.2, -0.15) is 4.21 Å². The number of aromatic amines is 2. The molecule has 0 amide bonds. The molecule has 3 N–H and O–H groups in total. The van der Waals surface area contributed by atoms with Gasteiger partial charge < -0.3 is 18.7 Å². The Labute approximate surface area is 248 Å². The summed E-state index contributed by atoms with van der Waals surface area (Å²) < 4.78 is 56.9. The van der Waals surface area contributed by atoms with Crippen LogP contribution in [0, 0.1) is 0 Å². The zero-order valence-corrected chi connectivity index (χ0v) is 24.1. The summed E-state index contributed by atoms with van der Waals surface area (Å²) in [6.07, 6.45) is 0. The summed E-state index contributed by atoms with van der Waals surface area (Å²) in [5.74, 6) is 1.70. The third kappa shape index (κ3) is 6.99. The molecule has 10 nitrogen and oxygen atoms in total. The van der Waals surface area contributed by atoms with Crippen LogP contribution >= 0.6 is 0 Å². The van der Waals surface area contributed by atoms with Crippen LogP contribution in [0.4, 0.5) is 0 Å². The average Bonchev–Trinajstić information content (AvgIpc) is 3.53. The molecule has 6 rings (SSSR count). The second-order valence-corrected chi connectivity index (χ2v) is 10.00. The van der Waals surface area contributed by atoms with Crippen molar-refractivity contribution in [3.63, 3.8) is 0 Å². The van der Waals surface area contributed by atoms with Crippen molar-refractivity contribution in [1.29, 1.82) is 0 Å². The number of aromatic nitrogens is 4. The van der Waals surface area contributed by atoms with E-state index in [0.717, 1.165) is 28.0 Å². The minimum atomic E-state index is -4.45. The van der Waals surface area contributed by atoms with Gasteiger partial charge >= 0.3 is 40.9 Å². The van der Waals surface area contributed by atoms with E-state index in [1.165, 1.54) is 18.2 Å². The molecule has 2 aromatic heterocycles. The molecule has 0 saturated heterocycles. The van der Waals surface area contributed by atoms with Crippen LogP contribution in [0.2, 0.25) is 0 Å². The van der Waals surface area contributed by atoms with Crippen LogP contribution in [0.5, 0.6) is 5.75 Å². The fraction of sp³-hybridized carbons (Fsp3) is 0. The van der Waals surface area contributed by atoms with E-state index in [1.54, 1.807) is 18.2 Å². The Hall–Kier alpha value is -3.36. The zero-order chi connectivity index (χ0) is 26.7. The molecule has 1 unspecified atom stereocenters. The van der Waals surface area contributed by atoms with E-state index in [0.29, 0.717) is 22.6 Å². The molecule has 0 aliphatic carbocycles. The molecular weight excluding hydrogens is 551 g/mol. The minimum absolute atomic E-state index is 0. The van der Waals surface area contributed by atoms with Gasteiger partial charge in [-0.25, -0.2) is 18.4 Å². The van der Waals surface area contributed by atoms with Crippen LogP contribution in [-0.2, 0) is 21.5 Å². The van der Waals surface area contributed by atoms with Crippen LogP contribution in [0.1, 0.15) is 0 Å². The van der Waals surface area contributed by atoms with Crippen LogP contribution in [0.3, 0.4) is 0 Å². The van der Waals surface area contributed by atoms with Crippen molar-refractivity contribution in [1.82, 2.24) is 19.9 Å². The predicted octanol–water partition coefficient (Wildman–Crippen LogP) is 1.88. The van der Waals surface area contributed by atoms with E-state index < -0.39 is 21.5 Å². The van der Waals surface area contributed by atoms with Crippen molar-refractivity contribution < 1.29 is 55.5 Å². The van der Waals surface area contributed by atoms with E-state index in [2.05, 4.69) is 19.9 Å². The standard InChI is InChI=1S/2C13H10N2O3S.Na/c16-19(17,18)10-6-7-11-12(8-10)15-13(14-11)9-4-2-1-3-5-9;16-19(17)18-10-6-7-11-12(8-10)15-13(14-11)9-4-2-1-3-5-9;/h1-8H,(H,14,15)(H,16,17,18);1-8H,(H,14,15)(H,16,17);/q;;+1/p-1. The first kappa shape index (κ1) is 28.6. The van der Waals surface area contributed by atoms with E-state index >= 15 is 0 Å². The number of rotatable bonds is 5. The Morgan fingerprint density at radius 1 is 0.744 bits per heavy atom. The van der Waals surface area contributed by atoms with Gasteiger partial charge in [-0.1, -0.05) is 60.7 Å². The average molecular weight is 571 g/mol. The van der Waals surface area contributed by atoms with Gasteiger partial charge in [0.2, 0.25) is 0 Å². The number of nitrogens with zero attached hydrogens (tertiary/aromatic N) is 2. The molecule has 192 valence electrons. The smallest absolute Gasteiger partial charge is 0.744 e. The molecule has 1 atom stereocenters. The Bertz CT molecular complexity index is 1860. The first-order chi connectivity index (χ1) is 18.3. The van der Waals surface area contributed by atoms with Gasteiger partial charge in [-0.05, 0) is 30.3 Å². The van der Waals surface area contributed by atoms with Crippen molar-refractivity contribution in [2.75, 3.05) is 0 Å². The Morgan fingerprint density at radius 2 is 1.23 bits per heavy atom. The van der Waals surface area contributed by atoms with Crippen LogP contribution in [-0.4, -0.2) is 41.7 Å². The molecular formula is C26H19N4NaO6S2. The van der Waals surface area contributed by atoms with Crippen LogP contribution < -0.4 is 33.7 Å². The van der Waals surface area contributed by atoms with Gasteiger partial charge in [-0.15, -0.1) is 0 Å². The van der Waals surface area contributed by atoms with Crippen LogP contribution in [0.15, 0.2) is 102 Å². The third-order valence-electron chi connectivity index (χ3n) is 5.46. The molecule has 0 aliphatic rings. The molecule has 0 aliphatic heterocycles. The van der Waals surface area contributed by atoms with Gasteiger partial charge in [0.15, 0.2) is 0 Å². The molecule has 0 radical (unpaired) electrons. The molecule has 13 heteroatoms. The van der Waals surface area contributed by atoms with E-state index in [9.17, 15) is 17.2 Å². The van der Waals surface area contributed by atoms with E-state index in [1.807, 2.05) is 60.7 Å². The predicted molar refractivity (Wildman–Crippen MR) is 142 cm³/mol. The molecule has 39 heavy (non-hydrogen) atoms. The number of hydrogen-bond donors (Lipinski definition) is 3. The van der Waals surface area contributed by atoms with Gasteiger partial charge in [0.05, 0.1) is 27.0 Å². The summed E-state index contributed by atoms with van der Waals surface area (Å²) in [7, 11) is -4.45. The monoisotopic (exact) mass is 570 g/mol. The summed E-state index contributed by atoms with van der Waals surface area (Å²) >= 11 is -2.32. The van der Waals surface area contributed by atoms with E-state index in [4.69, 9.17) is 8.74 Å². The molecule has 0 saturated carbocycles. The van der Waals surface area contributed by atoms with Gasteiger partial charge in [0.1, 0.15) is 27.5 Å².